The molecule has 0 aromatic rings. The van der Waals surface area contributed by atoms with Gasteiger partial charge in [-0.05, 0) is 33.0 Å². The van der Waals surface area contributed by atoms with Crippen LogP contribution in [-0.4, -0.2) is 36.8 Å². The third-order valence-electron chi connectivity index (χ3n) is 2.46. The monoisotopic (exact) mass is 173 g/mol. The second-order valence-corrected chi connectivity index (χ2v) is 3.74. The number of aliphatic hydroxyl groups excluding tert-OH is 1. The highest BCUT2D eigenvalue weighted by Gasteiger charge is 2.14. The third-order valence-corrected chi connectivity index (χ3v) is 2.46. The molecule has 0 rings (SSSR count). The Morgan fingerprint density at radius 1 is 1.17 bits per heavy atom. The summed E-state index contributed by atoms with van der Waals surface area (Å²) < 4.78 is 0. The summed E-state index contributed by atoms with van der Waals surface area (Å²) in [7, 11) is 4.08. The summed E-state index contributed by atoms with van der Waals surface area (Å²) in [5, 5.41) is 9.73. The number of aliphatic hydroxyl groups is 1. The second kappa shape index (κ2) is 6.44. The van der Waals surface area contributed by atoms with Crippen LogP contribution in [0.2, 0.25) is 0 Å². The Morgan fingerprint density at radius 3 is 2.00 bits per heavy atom. The Kier molecular flexibility index (Phi) is 6.39. The maximum absolute atomic E-state index is 9.73. The van der Waals surface area contributed by atoms with Gasteiger partial charge in [0.15, 0.2) is 0 Å². The zero-order valence-corrected chi connectivity index (χ0v) is 8.88. The molecule has 0 aliphatic carbocycles. The lowest BCUT2D eigenvalue weighted by Crippen LogP contribution is -2.25. The Morgan fingerprint density at radius 2 is 1.67 bits per heavy atom. The van der Waals surface area contributed by atoms with E-state index in [0.29, 0.717) is 5.92 Å². The molecular weight excluding hydrogens is 150 g/mol. The standard InChI is InChI=1S/C10H23NO/c1-5-9(6-2)10(12)7-8-11(3)4/h9-10,12H,5-8H2,1-4H3. The minimum Gasteiger partial charge on any atom is -0.393 e. The molecule has 0 heterocycles. The molecule has 2 heteroatoms. The van der Waals surface area contributed by atoms with Gasteiger partial charge in [0.25, 0.3) is 0 Å². The van der Waals surface area contributed by atoms with Crippen molar-refractivity contribution >= 4 is 0 Å². The molecule has 0 aromatic carbocycles. The average Bonchev–Trinajstić information content (AvgIpc) is 2.03. The molecule has 0 aliphatic rings. The summed E-state index contributed by atoms with van der Waals surface area (Å²) in [5.41, 5.74) is 0. The minimum absolute atomic E-state index is 0.109. The van der Waals surface area contributed by atoms with E-state index in [9.17, 15) is 5.11 Å². The number of hydrogen-bond acceptors (Lipinski definition) is 2. The van der Waals surface area contributed by atoms with Gasteiger partial charge in [-0.1, -0.05) is 26.7 Å². The zero-order valence-electron chi connectivity index (χ0n) is 8.88. The Labute approximate surface area is 76.6 Å². The molecule has 74 valence electrons. The molecule has 0 saturated carbocycles. The smallest absolute Gasteiger partial charge is 0.0580 e. The molecule has 1 unspecified atom stereocenters. The summed E-state index contributed by atoms with van der Waals surface area (Å²) in [5.74, 6) is 0.491. The zero-order chi connectivity index (χ0) is 9.56. The van der Waals surface area contributed by atoms with Crippen LogP contribution in [0.25, 0.3) is 0 Å². The van der Waals surface area contributed by atoms with Gasteiger partial charge in [0, 0.05) is 0 Å². The highest BCUT2D eigenvalue weighted by molar-refractivity contribution is 4.66. The number of rotatable bonds is 6. The van der Waals surface area contributed by atoms with Crippen LogP contribution in [0, 0.1) is 5.92 Å². The van der Waals surface area contributed by atoms with Gasteiger partial charge in [-0.25, -0.2) is 0 Å². The van der Waals surface area contributed by atoms with E-state index in [1.165, 1.54) is 0 Å². The van der Waals surface area contributed by atoms with Crippen molar-refractivity contribution in [3.8, 4) is 0 Å². The Hall–Kier alpha value is -0.0800. The second-order valence-electron chi connectivity index (χ2n) is 3.74. The summed E-state index contributed by atoms with van der Waals surface area (Å²) in [4.78, 5) is 2.12. The highest BCUT2D eigenvalue weighted by atomic mass is 16.3. The topological polar surface area (TPSA) is 23.5 Å². The summed E-state index contributed by atoms with van der Waals surface area (Å²) in [6.07, 6.45) is 2.97. The molecule has 0 aromatic heterocycles. The summed E-state index contributed by atoms with van der Waals surface area (Å²) >= 11 is 0. The fourth-order valence-corrected chi connectivity index (χ4v) is 1.46. The van der Waals surface area contributed by atoms with Crippen molar-refractivity contribution in [2.45, 2.75) is 39.2 Å². The van der Waals surface area contributed by atoms with Gasteiger partial charge in [-0.15, -0.1) is 0 Å². The van der Waals surface area contributed by atoms with E-state index in [4.69, 9.17) is 0 Å². The van der Waals surface area contributed by atoms with Gasteiger partial charge in [-0.3, -0.25) is 0 Å². The molecule has 0 bridgehead atoms. The van der Waals surface area contributed by atoms with E-state index in [1.54, 1.807) is 0 Å². The minimum atomic E-state index is -0.109. The quantitative estimate of drug-likeness (QED) is 0.661. The molecule has 12 heavy (non-hydrogen) atoms. The number of nitrogens with zero attached hydrogens (tertiary/aromatic N) is 1. The first kappa shape index (κ1) is 11.9. The molecule has 2 nitrogen and oxygen atoms in total. The first-order valence-electron chi connectivity index (χ1n) is 4.94. The van der Waals surface area contributed by atoms with Crippen molar-refractivity contribution < 1.29 is 5.11 Å². The Bertz CT molecular complexity index is 100. The van der Waals surface area contributed by atoms with Crippen molar-refractivity contribution in [3.63, 3.8) is 0 Å². The maximum Gasteiger partial charge on any atom is 0.0580 e. The van der Waals surface area contributed by atoms with Gasteiger partial charge < -0.3 is 10.0 Å². The molecule has 0 radical (unpaired) electrons. The molecule has 0 saturated heterocycles. The van der Waals surface area contributed by atoms with Crippen LogP contribution in [0.4, 0.5) is 0 Å². The Balaban J connectivity index is 3.61. The molecule has 0 amide bonds. The molecule has 1 N–H and O–H groups in total. The van der Waals surface area contributed by atoms with Crippen molar-refractivity contribution in [1.82, 2.24) is 4.90 Å². The van der Waals surface area contributed by atoms with E-state index in [1.807, 2.05) is 14.1 Å². The first-order valence-corrected chi connectivity index (χ1v) is 4.94. The van der Waals surface area contributed by atoms with E-state index in [-0.39, 0.29) is 6.10 Å². The van der Waals surface area contributed by atoms with Crippen LogP contribution in [0.3, 0.4) is 0 Å². The van der Waals surface area contributed by atoms with Crippen LogP contribution >= 0.6 is 0 Å². The summed E-state index contributed by atoms with van der Waals surface area (Å²) in [6.45, 7) is 5.28. The first-order chi connectivity index (χ1) is 5.61. The van der Waals surface area contributed by atoms with E-state index < -0.39 is 0 Å². The van der Waals surface area contributed by atoms with Gasteiger partial charge >= 0.3 is 0 Å². The molecule has 1 atom stereocenters. The fraction of sp³-hybridized carbons (Fsp3) is 1.00. The van der Waals surface area contributed by atoms with Gasteiger partial charge in [-0.2, -0.15) is 0 Å². The van der Waals surface area contributed by atoms with Crippen LogP contribution in [0.5, 0.6) is 0 Å². The predicted molar refractivity (Wildman–Crippen MR) is 53.2 cm³/mol. The average molecular weight is 173 g/mol. The highest BCUT2D eigenvalue weighted by Crippen LogP contribution is 2.15. The third kappa shape index (κ3) is 4.73. The van der Waals surface area contributed by atoms with Gasteiger partial charge in [0.2, 0.25) is 0 Å². The van der Waals surface area contributed by atoms with E-state index in [2.05, 4.69) is 18.7 Å². The predicted octanol–water partition coefficient (Wildman–Crippen LogP) is 1.74. The largest absolute Gasteiger partial charge is 0.393 e. The molecule has 0 spiro atoms. The molecule has 0 aliphatic heterocycles. The fourth-order valence-electron chi connectivity index (χ4n) is 1.46. The van der Waals surface area contributed by atoms with Crippen LogP contribution < -0.4 is 0 Å². The van der Waals surface area contributed by atoms with Crippen molar-refractivity contribution in [3.05, 3.63) is 0 Å². The number of hydrogen-bond donors (Lipinski definition) is 1. The normalized spacial score (nSPS) is 14.2. The van der Waals surface area contributed by atoms with Gasteiger partial charge in [0.05, 0.1) is 6.10 Å². The lowest BCUT2D eigenvalue weighted by Gasteiger charge is -2.21. The maximum atomic E-state index is 9.73. The van der Waals surface area contributed by atoms with Crippen LogP contribution in [0.1, 0.15) is 33.1 Å². The van der Waals surface area contributed by atoms with E-state index >= 15 is 0 Å². The molecular formula is C10H23NO. The lowest BCUT2D eigenvalue weighted by atomic mass is 9.94. The summed E-state index contributed by atoms with van der Waals surface area (Å²) in [6, 6.07) is 0. The lowest BCUT2D eigenvalue weighted by molar-refractivity contribution is 0.0865. The van der Waals surface area contributed by atoms with Crippen molar-refractivity contribution in [1.29, 1.82) is 0 Å². The van der Waals surface area contributed by atoms with Crippen molar-refractivity contribution in [2.24, 2.45) is 5.92 Å². The van der Waals surface area contributed by atoms with Crippen molar-refractivity contribution in [2.75, 3.05) is 20.6 Å². The van der Waals surface area contributed by atoms with Crippen LogP contribution in [0.15, 0.2) is 0 Å². The SMILES string of the molecule is CCC(CC)C(O)CCN(C)C. The van der Waals surface area contributed by atoms with E-state index in [0.717, 1.165) is 25.8 Å². The van der Waals surface area contributed by atoms with Crippen LogP contribution in [-0.2, 0) is 0 Å². The van der Waals surface area contributed by atoms with Gasteiger partial charge in [0.1, 0.15) is 0 Å². The molecule has 0 fully saturated rings.